The minimum absolute atomic E-state index is 0.261. The maximum absolute atomic E-state index is 12.2. The van der Waals surface area contributed by atoms with E-state index >= 15 is 0 Å². The normalized spacial score (nSPS) is 11.3. The molecule has 3 aromatic rings. The summed E-state index contributed by atoms with van der Waals surface area (Å²) < 4.78 is 0. The molecule has 0 saturated heterocycles. The van der Waals surface area contributed by atoms with Crippen molar-refractivity contribution in [3.8, 4) is 0 Å². The van der Waals surface area contributed by atoms with Gasteiger partial charge in [-0.2, -0.15) is 5.10 Å². The molecule has 1 aromatic carbocycles. The number of hydrogen-bond acceptors (Lipinski definition) is 5. The Hall–Kier alpha value is -2.12. The number of para-hydroxylation sites is 1. The molecule has 3 rings (SSSR count). The minimum atomic E-state index is -0.261. The van der Waals surface area contributed by atoms with Crippen molar-refractivity contribution in [3.63, 3.8) is 0 Å². The van der Waals surface area contributed by atoms with Gasteiger partial charge in [-0.25, -0.2) is 10.4 Å². The molecule has 2 N–H and O–H groups in total. The van der Waals surface area contributed by atoms with Gasteiger partial charge < -0.3 is 4.98 Å². The average molecular weight is 316 g/mol. The average Bonchev–Trinajstić information content (AvgIpc) is 3.13. The number of hydrazone groups is 1. The van der Waals surface area contributed by atoms with E-state index in [1.165, 1.54) is 29.3 Å². The number of nitrogens with one attached hydrogen (secondary N) is 2. The largest absolute Gasteiger partial charge is 0.350 e. The van der Waals surface area contributed by atoms with E-state index in [2.05, 4.69) is 20.5 Å². The van der Waals surface area contributed by atoms with E-state index in [0.29, 0.717) is 5.69 Å². The van der Waals surface area contributed by atoms with Gasteiger partial charge in [-0.05, 0) is 12.3 Å². The van der Waals surface area contributed by atoms with Crippen molar-refractivity contribution in [2.24, 2.45) is 5.10 Å². The highest BCUT2D eigenvalue weighted by atomic mass is 32.2. The Labute approximate surface area is 129 Å². The third-order valence-corrected chi connectivity index (χ3v) is 4.42. The summed E-state index contributed by atoms with van der Waals surface area (Å²) in [6.45, 7) is 0. The van der Waals surface area contributed by atoms with E-state index in [-0.39, 0.29) is 5.91 Å². The maximum Gasteiger partial charge on any atom is 0.288 e. The number of hydrogen-bond donors (Lipinski definition) is 2. The number of carbonyl (C=O) groups is 1. The van der Waals surface area contributed by atoms with Crippen LogP contribution in [0.15, 0.2) is 45.8 Å². The van der Waals surface area contributed by atoms with E-state index in [9.17, 15) is 4.79 Å². The van der Waals surface area contributed by atoms with Crippen molar-refractivity contribution in [2.45, 2.75) is 4.90 Å². The van der Waals surface area contributed by atoms with Gasteiger partial charge in [-0.1, -0.05) is 18.2 Å². The van der Waals surface area contributed by atoms with Gasteiger partial charge in [-0.15, -0.1) is 23.1 Å². The molecule has 0 unspecified atom stereocenters. The summed E-state index contributed by atoms with van der Waals surface area (Å²) in [6.07, 6.45) is 5.17. The first-order valence-corrected chi connectivity index (χ1v) is 8.27. The molecule has 0 saturated carbocycles. The first-order chi connectivity index (χ1) is 10.3. The Balaban J connectivity index is 1.84. The van der Waals surface area contributed by atoms with Gasteiger partial charge in [0, 0.05) is 27.4 Å². The third kappa shape index (κ3) is 2.84. The number of aromatic amines is 1. The molecule has 5 nitrogen and oxygen atoms in total. The van der Waals surface area contributed by atoms with E-state index in [1.54, 1.807) is 6.20 Å². The number of fused-ring (bicyclic) bond motifs is 1. The fourth-order valence-corrected chi connectivity index (χ4v) is 3.23. The molecule has 106 valence electrons. The second kappa shape index (κ2) is 6.11. The summed E-state index contributed by atoms with van der Waals surface area (Å²) in [5, 5.41) is 7.57. The van der Waals surface area contributed by atoms with Gasteiger partial charge in [0.1, 0.15) is 10.7 Å². The topological polar surface area (TPSA) is 70.1 Å². The van der Waals surface area contributed by atoms with Crippen LogP contribution in [0.3, 0.4) is 0 Å². The molecule has 0 spiro atoms. The number of thiazole rings is 1. The zero-order valence-corrected chi connectivity index (χ0v) is 12.8. The van der Waals surface area contributed by atoms with E-state index in [4.69, 9.17) is 0 Å². The van der Waals surface area contributed by atoms with Crippen LogP contribution in [0.25, 0.3) is 10.9 Å². The Bertz CT molecular complexity index is 793. The van der Waals surface area contributed by atoms with Crippen LogP contribution in [-0.4, -0.2) is 28.3 Å². The fraction of sp³-hybridized carbons (Fsp3) is 0.0714. The SMILES string of the molecule is CSc1c(C(=O)NN=Cc2nccs2)[nH]c2ccccc12. The Morgan fingerprint density at radius 3 is 3.10 bits per heavy atom. The number of thioether (sulfide) groups is 1. The lowest BCUT2D eigenvalue weighted by atomic mass is 10.2. The fourth-order valence-electron chi connectivity index (χ4n) is 1.99. The van der Waals surface area contributed by atoms with E-state index in [0.717, 1.165) is 20.8 Å². The van der Waals surface area contributed by atoms with Crippen LogP contribution in [0.1, 0.15) is 15.5 Å². The number of rotatable bonds is 4. The van der Waals surface area contributed by atoms with E-state index in [1.807, 2.05) is 35.9 Å². The van der Waals surface area contributed by atoms with Gasteiger partial charge in [0.15, 0.2) is 0 Å². The van der Waals surface area contributed by atoms with Crippen molar-refractivity contribution < 1.29 is 4.79 Å². The van der Waals surface area contributed by atoms with Gasteiger partial charge in [0.05, 0.1) is 6.21 Å². The quantitative estimate of drug-likeness (QED) is 0.441. The zero-order valence-electron chi connectivity index (χ0n) is 11.2. The molecular formula is C14H12N4OS2. The third-order valence-electron chi connectivity index (χ3n) is 2.88. The first-order valence-electron chi connectivity index (χ1n) is 6.17. The molecule has 21 heavy (non-hydrogen) atoms. The van der Waals surface area contributed by atoms with E-state index < -0.39 is 0 Å². The maximum atomic E-state index is 12.2. The molecule has 0 aliphatic heterocycles. The molecule has 1 amide bonds. The van der Waals surface area contributed by atoms with Crippen molar-refractivity contribution in [1.82, 2.24) is 15.4 Å². The van der Waals surface area contributed by atoms with Crippen LogP contribution < -0.4 is 5.43 Å². The van der Waals surface area contributed by atoms with Crippen molar-refractivity contribution in [2.75, 3.05) is 6.26 Å². The Morgan fingerprint density at radius 1 is 1.48 bits per heavy atom. The highest BCUT2D eigenvalue weighted by molar-refractivity contribution is 7.99. The van der Waals surface area contributed by atoms with Crippen LogP contribution in [0.5, 0.6) is 0 Å². The Morgan fingerprint density at radius 2 is 2.33 bits per heavy atom. The van der Waals surface area contributed by atoms with Crippen LogP contribution in [0, 0.1) is 0 Å². The van der Waals surface area contributed by atoms with Crippen molar-refractivity contribution in [1.29, 1.82) is 0 Å². The lowest BCUT2D eigenvalue weighted by Gasteiger charge is -1.99. The molecular weight excluding hydrogens is 304 g/mol. The van der Waals surface area contributed by atoms with Crippen LogP contribution in [0.2, 0.25) is 0 Å². The standard InChI is InChI=1S/C14H12N4OS2/c1-20-13-9-4-2-3-5-10(9)17-12(13)14(19)18-16-8-11-15-6-7-21-11/h2-8,17H,1H3,(H,18,19). The molecule has 0 radical (unpaired) electrons. The molecule has 2 aromatic heterocycles. The lowest BCUT2D eigenvalue weighted by molar-refractivity contribution is 0.0948. The Kier molecular flexibility index (Phi) is 4.03. The molecule has 0 aliphatic carbocycles. The summed E-state index contributed by atoms with van der Waals surface area (Å²) in [4.78, 5) is 20.4. The van der Waals surface area contributed by atoms with Crippen LogP contribution in [0.4, 0.5) is 0 Å². The van der Waals surface area contributed by atoms with Crippen LogP contribution in [-0.2, 0) is 0 Å². The van der Waals surface area contributed by atoms with Gasteiger partial charge in [0.2, 0.25) is 0 Å². The smallest absolute Gasteiger partial charge is 0.288 e. The predicted molar refractivity (Wildman–Crippen MR) is 87.3 cm³/mol. The monoisotopic (exact) mass is 316 g/mol. The number of aromatic nitrogens is 2. The summed E-state index contributed by atoms with van der Waals surface area (Å²) in [6, 6.07) is 7.83. The van der Waals surface area contributed by atoms with Gasteiger partial charge >= 0.3 is 0 Å². The zero-order chi connectivity index (χ0) is 14.7. The number of H-pyrrole nitrogens is 1. The summed E-state index contributed by atoms with van der Waals surface area (Å²) in [5.41, 5.74) is 3.99. The highest BCUT2D eigenvalue weighted by Gasteiger charge is 2.16. The van der Waals surface area contributed by atoms with Gasteiger partial charge in [-0.3, -0.25) is 4.79 Å². The number of benzene rings is 1. The van der Waals surface area contributed by atoms with Crippen molar-refractivity contribution >= 4 is 46.1 Å². The molecule has 0 aliphatic rings. The second-order valence-electron chi connectivity index (χ2n) is 4.15. The summed E-state index contributed by atoms with van der Waals surface area (Å²) in [7, 11) is 0. The summed E-state index contributed by atoms with van der Waals surface area (Å²) in [5.74, 6) is -0.261. The molecule has 0 fully saturated rings. The van der Waals surface area contributed by atoms with Crippen LogP contribution >= 0.6 is 23.1 Å². The molecule has 0 atom stereocenters. The second-order valence-corrected chi connectivity index (χ2v) is 5.89. The highest BCUT2D eigenvalue weighted by Crippen LogP contribution is 2.30. The minimum Gasteiger partial charge on any atom is -0.350 e. The lowest BCUT2D eigenvalue weighted by Crippen LogP contribution is -2.18. The molecule has 0 bridgehead atoms. The molecule has 7 heteroatoms. The first kappa shape index (κ1) is 13.8. The number of nitrogens with zero attached hydrogens (tertiary/aromatic N) is 2. The number of carbonyl (C=O) groups excluding carboxylic acids is 1. The predicted octanol–water partition coefficient (Wildman–Crippen LogP) is 3.11. The summed E-state index contributed by atoms with van der Waals surface area (Å²) >= 11 is 3.00. The number of amides is 1. The molecule has 2 heterocycles. The van der Waals surface area contributed by atoms with Gasteiger partial charge in [0.25, 0.3) is 5.91 Å². The van der Waals surface area contributed by atoms with Crippen molar-refractivity contribution in [3.05, 3.63) is 46.5 Å².